The van der Waals surface area contributed by atoms with Gasteiger partial charge in [-0.3, -0.25) is 19.1 Å². The highest BCUT2D eigenvalue weighted by molar-refractivity contribution is 7.91. The normalized spacial score (nSPS) is 30.2. The number of benzene rings is 1. The van der Waals surface area contributed by atoms with Gasteiger partial charge in [0.1, 0.15) is 29.5 Å². The van der Waals surface area contributed by atoms with Crippen LogP contribution in [-0.2, 0) is 24.4 Å². The van der Waals surface area contributed by atoms with Crippen molar-refractivity contribution < 1.29 is 42.2 Å². The molecule has 0 unspecified atom stereocenters. The number of carbonyl (C=O) groups excluding carboxylic acids is 3. The van der Waals surface area contributed by atoms with Crippen LogP contribution < -0.4 is 24.8 Å². The average molecular weight is 760 g/mol. The van der Waals surface area contributed by atoms with Crippen LogP contribution in [0.1, 0.15) is 72.1 Å². The van der Waals surface area contributed by atoms with E-state index in [9.17, 15) is 32.7 Å². The van der Waals surface area contributed by atoms with Gasteiger partial charge in [0.15, 0.2) is 0 Å². The smallest absolute Gasteiger partial charge is 0.405 e. The Morgan fingerprint density at radius 2 is 1.96 bits per heavy atom. The van der Waals surface area contributed by atoms with Crippen molar-refractivity contribution in [3.8, 4) is 11.6 Å². The van der Waals surface area contributed by atoms with Crippen LogP contribution in [0, 0.1) is 17.8 Å². The van der Waals surface area contributed by atoms with Crippen molar-refractivity contribution in [2.45, 2.75) is 101 Å². The zero-order chi connectivity index (χ0) is 37.6. The summed E-state index contributed by atoms with van der Waals surface area (Å²) in [5.41, 5.74) is -1.56. The Morgan fingerprint density at radius 3 is 2.63 bits per heavy atom. The first kappa shape index (κ1) is 37.6. The van der Waals surface area contributed by atoms with Crippen LogP contribution >= 0.6 is 11.6 Å². The fourth-order valence-corrected chi connectivity index (χ4v) is 9.14. The molecular formula is C36H46ClN5O9S. The van der Waals surface area contributed by atoms with Crippen LogP contribution in [-0.4, -0.2) is 89.4 Å². The van der Waals surface area contributed by atoms with Crippen LogP contribution in [0.5, 0.6) is 11.6 Å². The second-order valence-electron chi connectivity index (χ2n) is 14.9. The van der Waals surface area contributed by atoms with E-state index >= 15 is 0 Å². The number of nitrogens with zero attached hydrogens (tertiary/aromatic N) is 2. The molecule has 2 aliphatic carbocycles. The van der Waals surface area contributed by atoms with Crippen molar-refractivity contribution in [1.29, 1.82) is 0 Å². The van der Waals surface area contributed by atoms with E-state index in [1.54, 1.807) is 25.1 Å². The zero-order valence-electron chi connectivity index (χ0n) is 29.7. The topological polar surface area (TPSA) is 193 Å². The maximum atomic E-state index is 14.5. The maximum Gasteiger partial charge on any atom is 0.405 e. The summed E-state index contributed by atoms with van der Waals surface area (Å²) in [7, 11) is -2.52. The number of carbonyl (C=O) groups is 4. The zero-order valence-corrected chi connectivity index (χ0v) is 31.3. The van der Waals surface area contributed by atoms with Crippen molar-refractivity contribution in [2.75, 3.05) is 13.7 Å². The molecule has 4 amide bonds. The van der Waals surface area contributed by atoms with Crippen LogP contribution in [0.3, 0.4) is 0 Å². The van der Waals surface area contributed by atoms with E-state index in [4.69, 9.17) is 21.1 Å². The second kappa shape index (κ2) is 14.4. The number of halogens is 1. The summed E-state index contributed by atoms with van der Waals surface area (Å²) in [4.78, 5) is 60.5. The van der Waals surface area contributed by atoms with Gasteiger partial charge in [-0.1, -0.05) is 50.1 Å². The van der Waals surface area contributed by atoms with E-state index in [-0.39, 0.29) is 37.1 Å². The molecule has 0 radical (unpaired) electrons. The Bertz CT molecular complexity index is 1900. The maximum absolute atomic E-state index is 14.5. The summed E-state index contributed by atoms with van der Waals surface area (Å²) in [5.74, 6) is -2.19. The van der Waals surface area contributed by atoms with Crippen molar-refractivity contribution in [2.24, 2.45) is 17.8 Å². The minimum absolute atomic E-state index is 0.0189. The molecule has 7 atom stereocenters. The molecule has 1 saturated heterocycles. The Balaban J connectivity index is 1.36. The van der Waals surface area contributed by atoms with Crippen LogP contribution in [0.2, 0.25) is 5.02 Å². The first-order valence-corrected chi connectivity index (χ1v) is 19.6. The van der Waals surface area contributed by atoms with Crippen molar-refractivity contribution in [1.82, 2.24) is 25.2 Å². The lowest BCUT2D eigenvalue weighted by molar-refractivity contribution is -0.142. The Morgan fingerprint density at radius 1 is 1.21 bits per heavy atom. The van der Waals surface area contributed by atoms with Crippen molar-refractivity contribution in [3.63, 3.8) is 0 Å². The van der Waals surface area contributed by atoms with Gasteiger partial charge >= 0.3 is 6.09 Å². The molecule has 2 aliphatic heterocycles. The highest BCUT2D eigenvalue weighted by atomic mass is 35.5. The average Bonchev–Trinajstić information content (AvgIpc) is 3.98. The number of hydrogen-bond donors (Lipinski definition) is 4. The lowest BCUT2D eigenvalue weighted by atomic mass is 9.85. The standard InChI is InChI=1S/C36H46ClN5O9S/c1-5-21-15-20(2)9-6-7-10-22-17-36(22,33(45)41-52(48,49)35(3)13-14-35)40-30(43)26-16-23(19-42(26)32(44)29(21)39-34(46)47)51-31-24-11-8-12-25(37)28(24)27(50-4)18-38-31/h7-8,10-12,18,20-23,26,29,39H,5-6,9,13-17,19H2,1-4H3,(H,40,43)(H,41,45)(H,46,47)/t20-,21-,22-,23-,26+,29+,36-/m1/s1. The van der Waals surface area contributed by atoms with Crippen molar-refractivity contribution in [3.05, 3.63) is 41.6 Å². The number of sulfonamides is 1. The van der Waals surface area contributed by atoms with E-state index in [2.05, 4.69) is 20.3 Å². The van der Waals surface area contributed by atoms with Crippen LogP contribution in [0.15, 0.2) is 36.5 Å². The number of methoxy groups -OCH3 is 1. The first-order valence-electron chi connectivity index (χ1n) is 17.8. The second-order valence-corrected chi connectivity index (χ2v) is 17.5. The molecule has 1 aromatic heterocycles. The molecule has 3 fully saturated rings. The lowest BCUT2D eigenvalue weighted by Crippen LogP contribution is -2.59. The quantitative estimate of drug-likeness (QED) is 0.284. The molecule has 0 bridgehead atoms. The minimum Gasteiger partial charge on any atom is -0.494 e. The molecular weight excluding hydrogens is 714 g/mol. The highest BCUT2D eigenvalue weighted by Crippen LogP contribution is 2.48. The molecule has 2 saturated carbocycles. The molecule has 3 heterocycles. The molecule has 52 heavy (non-hydrogen) atoms. The number of rotatable bonds is 8. The van der Waals surface area contributed by atoms with Gasteiger partial charge in [0.05, 0.1) is 29.6 Å². The third kappa shape index (κ3) is 7.26. The van der Waals surface area contributed by atoms with Crippen LogP contribution in [0.4, 0.5) is 4.79 Å². The molecule has 4 N–H and O–H groups in total. The summed E-state index contributed by atoms with van der Waals surface area (Å²) >= 11 is 6.52. The summed E-state index contributed by atoms with van der Waals surface area (Å²) in [6.07, 6.45) is 6.54. The fourth-order valence-electron chi connectivity index (χ4n) is 7.56. The van der Waals surface area contributed by atoms with Gasteiger partial charge in [-0.2, -0.15) is 0 Å². The summed E-state index contributed by atoms with van der Waals surface area (Å²) in [6, 6.07) is 2.85. The predicted octanol–water partition coefficient (Wildman–Crippen LogP) is 4.16. The summed E-state index contributed by atoms with van der Waals surface area (Å²) in [6.45, 7) is 5.42. The highest BCUT2D eigenvalue weighted by Gasteiger charge is 2.63. The first-order chi connectivity index (χ1) is 24.6. The molecule has 4 aliphatic rings. The van der Waals surface area contributed by atoms with E-state index in [1.165, 1.54) is 18.2 Å². The monoisotopic (exact) mass is 759 g/mol. The number of nitrogens with one attached hydrogen (secondary N) is 3. The number of fused-ring (bicyclic) bond motifs is 3. The number of aromatic nitrogens is 1. The number of amides is 4. The number of allylic oxidation sites excluding steroid dienone is 1. The van der Waals surface area contributed by atoms with E-state index in [0.717, 1.165) is 6.42 Å². The third-order valence-corrected chi connectivity index (χ3v) is 13.6. The van der Waals surface area contributed by atoms with Crippen molar-refractivity contribution >= 4 is 56.2 Å². The Hall–Kier alpha value is -4.11. The summed E-state index contributed by atoms with van der Waals surface area (Å²) < 4.78 is 39.3. The lowest BCUT2D eigenvalue weighted by Gasteiger charge is -2.33. The van der Waals surface area contributed by atoms with Gasteiger partial charge in [0, 0.05) is 23.1 Å². The molecule has 282 valence electrons. The van der Waals surface area contributed by atoms with E-state index in [0.29, 0.717) is 53.6 Å². The van der Waals surface area contributed by atoms with Gasteiger partial charge in [-0.25, -0.2) is 18.2 Å². The van der Waals surface area contributed by atoms with Gasteiger partial charge < -0.3 is 30.1 Å². The minimum atomic E-state index is -4.01. The Kier molecular flexibility index (Phi) is 10.4. The van der Waals surface area contributed by atoms with Gasteiger partial charge in [0.25, 0.3) is 5.91 Å². The summed E-state index contributed by atoms with van der Waals surface area (Å²) in [5, 5.41) is 16.7. The number of pyridine rings is 1. The van der Waals surface area contributed by atoms with Gasteiger partial charge in [0.2, 0.25) is 27.7 Å². The number of hydrogen-bond acceptors (Lipinski definition) is 9. The largest absolute Gasteiger partial charge is 0.494 e. The molecule has 1 aromatic carbocycles. The van der Waals surface area contributed by atoms with Gasteiger partial charge in [-0.15, -0.1) is 0 Å². The molecule has 0 spiro atoms. The number of carboxylic acid groups (broad SMARTS) is 1. The SMILES string of the molecule is CC[C@@H]1C[C@H](C)CCC=C[C@@H]2C[C@@]2(C(=O)NS(=O)(=O)C2(C)CC2)NC(=O)[C@@H]2C[C@@H](Oc3ncc(OC)c4c(Cl)cccc34)CN2C(=O)[C@H]1NC(=O)O. The van der Waals surface area contributed by atoms with E-state index < -0.39 is 68.2 Å². The molecule has 16 heteroatoms. The third-order valence-electron chi connectivity index (χ3n) is 11.2. The predicted molar refractivity (Wildman–Crippen MR) is 192 cm³/mol. The van der Waals surface area contributed by atoms with E-state index in [1.807, 2.05) is 26.0 Å². The fraction of sp³-hybridized carbons (Fsp3) is 0.583. The van der Waals surface area contributed by atoms with Gasteiger partial charge in [-0.05, 0) is 69.4 Å². The van der Waals surface area contributed by atoms with Crippen LogP contribution in [0.25, 0.3) is 10.8 Å². The molecule has 14 nitrogen and oxygen atoms in total. The number of ether oxygens (including phenoxy) is 2. The Labute approximate surface area is 308 Å². The molecule has 2 aromatic rings. The molecule has 6 rings (SSSR count).